The number of carbonyl (C=O) groups is 1. The van der Waals surface area contributed by atoms with E-state index in [2.05, 4.69) is 15.2 Å². The van der Waals surface area contributed by atoms with Gasteiger partial charge in [0, 0.05) is 51.8 Å². The second-order valence-electron chi connectivity index (χ2n) is 7.44. The Hall–Kier alpha value is -2.29. The Balaban J connectivity index is 0.00000256. The summed E-state index contributed by atoms with van der Waals surface area (Å²) in [7, 11) is 1.81. The number of hydrogen-bond acceptors (Lipinski definition) is 3. The summed E-state index contributed by atoms with van der Waals surface area (Å²) in [6.45, 7) is 3.13. The molecule has 2 heterocycles. The van der Waals surface area contributed by atoms with Crippen molar-refractivity contribution >= 4 is 41.5 Å². The number of piperidine rings is 1. The van der Waals surface area contributed by atoms with Gasteiger partial charge in [-0.3, -0.25) is 9.79 Å². The van der Waals surface area contributed by atoms with Crippen LogP contribution in [0.3, 0.4) is 0 Å². The van der Waals surface area contributed by atoms with Crippen LogP contribution in [0.2, 0.25) is 0 Å². The minimum Gasteiger partial charge on any atom is -0.490 e. The average Bonchev–Trinajstić information content (AvgIpc) is 3.08. The van der Waals surface area contributed by atoms with Crippen molar-refractivity contribution < 1.29 is 9.53 Å². The molecule has 1 N–H and O–H groups in total. The summed E-state index contributed by atoms with van der Waals surface area (Å²) in [5.74, 6) is 1.99. The van der Waals surface area contributed by atoms with Gasteiger partial charge >= 0.3 is 0 Å². The molecule has 0 unspecified atom stereocenters. The van der Waals surface area contributed by atoms with E-state index in [0.717, 1.165) is 48.9 Å². The van der Waals surface area contributed by atoms with Crippen molar-refractivity contribution in [1.29, 1.82) is 0 Å². The second-order valence-corrected chi connectivity index (χ2v) is 7.44. The molecule has 0 radical (unpaired) electrons. The van der Waals surface area contributed by atoms with Gasteiger partial charge < -0.3 is 19.9 Å². The first kappa shape index (κ1) is 22.4. The number of fused-ring (bicyclic) bond motifs is 1. The lowest BCUT2D eigenvalue weighted by Crippen LogP contribution is -2.49. The van der Waals surface area contributed by atoms with E-state index >= 15 is 0 Å². The van der Waals surface area contributed by atoms with Gasteiger partial charge in [0.1, 0.15) is 11.9 Å². The largest absolute Gasteiger partial charge is 0.490 e. The van der Waals surface area contributed by atoms with Gasteiger partial charge in [-0.25, -0.2) is 0 Å². The number of rotatable bonds is 5. The monoisotopic (exact) mass is 520 g/mol. The smallest absolute Gasteiger partial charge is 0.231 e. The Morgan fingerprint density at radius 3 is 2.53 bits per heavy atom. The number of para-hydroxylation sites is 2. The van der Waals surface area contributed by atoms with Crippen LogP contribution in [-0.2, 0) is 11.2 Å². The Bertz CT molecular complexity index is 867. The highest BCUT2D eigenvalue weighted by molar-refractivity contribution is 14.0. The van der Waals surface area contributed by atoms with Crippen molar-refractivity contribution in [2.75, 3.05) is 38.1 Å². The number of likely N-dealkylation sites (tertiary alicyclic amines) is 1. The van der Waals surface area contributed by atoms with Gasteiger partial charge in [-0.1, -0.05) is 36.4 Å². The molecule has 2 aromatic rings. The van der Waals surface area contributed by atoms with Crippen molar-refractivity contribution in [3.8, 4) is 5.75 Å². The van der Waals surface area contributed by atoms with Crippen molar-refractivity contribution in [3.05, 3.63) is 60.2 Å². The Morgan fingerprint density at radius 1 is 1.10 bits per heavy atom. The van der Waals surface area contributed by atoms with Crippen LogP contribution in [0.15, 0.2) is 59.6 Å². The third kappa shape index (κ3) is 5.24. The fraction of sp³-hybridized carbons (Fsp3) is 0.391. The lowest BCUT2D eigenvalue weighted by molar-refractivity contribution is -0.117. The molecule has 2 aliphatic rings. The zero-order valence-corrected chi connectivity index (χ0v) is 19.6. The van der Waals surface area contributed by atoms with E-state index in [4.69, 9.17) is 4.74 Å². The van der Waals surface area contributed by atoms with E-state index in [-0.39, 0.29) is 36.0 Å². The molecule has 1 amide bonds. The zero-order chi connectivity index (χ0) is 20.1. The number of aliphatic imine (C=N–C) groups is 1. The van der Waals surface area contributed by atoms with E-state index in [1.54, 1.807) is 0 Å². The van der Waals surface area contributed by atoms with Crippen molar-refractivity contribution in [1.82, 2.24) is 10.2 Å². The van der Waals surface area contributed by atoms with Gasteiger partial charge in [0.05, 0.1) is 6.42 Å². The van der Waals surface area contributed by atoms with E-state index in [1.807, 2.05) is 66.5 Å². The highest BCUT2D eigenvalue weighted by Gasteiger charge is 2.27. The van der Waals surface area contributed by atoms with Crippen LogP contribution in [0, 0.1) is 0 Å². The predicted molar refractivity (Wildman–Crippen MR) is 131 cm³/mol. The Morgan fingerprint density at radius 2 is 1.80 bits per heavy atom. The molecule has 1 saturated heterocycles. The third-order valence-electron chi connectivity index (χ3n) is 5.54. The van der Waals surface area contributed by atoms with Crippen LogP contribution in [-0.4, -0.2) is 56.1 Å². The van der Waals surface area contributed by atoms with Gasteiger partial charge in [-0.2, -0.15) is 0 Å². The van der Waals surface area contributed by atoms with Gasteiger partial charge in [-0.15, -0.1) is 24.0 Å². The molecule has 6 nitrogen and oxygen atoms in total. The molecule has 0 atom stereocenters. The predicted octanol–water partition coefficient (Wildman–Crippen LogP) is 3.31. The van der Waals surface area contributed by atoms with Gasteiger partial charge in [-0.05, 0) is 23.8 Å². The zero-order valence-electron chi connectivity index (χ0n) is 17.3. The minimum absolute atomic E-state index is 0. The lowest BCUT2D eigenvalue weighted by Gasteiger charge is -2.34. The summed E-state index contributed by atoms with van der Waals surface area (Å²) >= 11 is 0. The fourth-order valence-corrected chi connectivity index (χ4v) is 4.05. The van der Waals surface area contributed by atoms with Gasteiger partial charge in [0.25, 0.3) is 0 Å². The average molecular weight is 520 g/mol. The van der Waals surface area contributed by atoms with Crippen LogP contribution < -0.4 is 15.0 Å². The molecule has 2 aliphatic heterocycles. The maximum Gasteiger partial charge on any atom is 0.231 e. The van der Waals surface area contributed by atoms with Crippen molar-refractivity contribution in [2.24, 2.45) is 4.99 Å². The number of guanidine groups is 1. The summed E-state index contributed by atoms with van der Waals surface area (Å²) < 4.78 is 6.08. The van der Waals surface area contributed by atoms with Crippen LogP contribution in [0.4, 0.5) is 5.69 Å². The number of hydrogen-bond donors (Lipinski definition) is 1. The van der Waals surface area contributed by atoms with Crippen LogP contribution in [0.25, 0.3) is 0 Å². The quantitative estimate of drug-likeness (QED) is 0.374. The molecule has 160 valence electrons. The Kier molecular flexibility index (Phi) is 7.95. The molecule has 0 bridgehead atoms. The number of anilines is 1. The number of nitrogens with one attached hydrogen (secondary N) is 1. The topological polar surface area (TPSA) is 57.2 Å². The molecule has 0 aromatic heterocycles. The first-order valence-electron chi connectivity index (χ1n) is 10.3. The molecular formula is C23H29IN4O2. The standard InChI is InChI=1S/C23H28N4O2.HI/c1-24-23(25-13-16-27-21-10-6-5-7-18(21)17-22(27)28)26-14-11-20(12-15-26)29-19-8-3-2-4-9-19;/h2-10,20H,11-17H2,1H3,(H,24,25);1H. The lowest BCUT2D eigenvalue weighted by atomic mass is 10.1. The van der Waals surface area contributed by atoms with E-state index in [9.17, 15) is 4.79 Å². The molecule has 4 rings (SSSR count). The van der Waals surface area contributed by atoms with Crippen LogP contribution >= 0.6 is 24.0 Å². The summed E-state index contributed by atoms with van der Waals surface area (Å²) in [5.41, 5.74) is 2.15. The number of nitrogens with zero attached hydrogens (tertiary/aromatic N) is 3. The summed E-state index contributed by atoms with van der Waals surface area (Å²) in [6, 6.07) is 18.0. The van der Waals surface area contributed by atoms with Crippen LogP contribution in [0.5, 0.6) is 5.75 Å². The number of halogens is 1. The number of ether oxygens (including phenoxy) is 1. The molecular weight excluding hydrogens is 491 g/mol. The summed E-state index contributed by atoms with van der Waals surface area (Å²) in [5, 5.41) is 3.42. The number of amides is 1. The molecule has 2 aromatic carbocycles. The summed E-state index contributed by atoms with van der Waals surface area (Å²) in [6.07, 6.45) is 2.67. The number of benzene rings is 2. The van der Waals surface area contributed by atoms with Crippen molar-refractivity contribution in [2.45, 2.75) is 25.4 Å². The van der Waals surface area contributed by atoms with E-state index in [0.29, 0.717) is 19.5 Å². The van der Waals surface area contributed by atoms with Crippen molar-refractivity contribution in [3.63, 3.8) is 0 Å². The molecule has 0 saturated carbocycles. The second kappa shape index (κ2) is 10.7. The third-order valence-corrected chi connectivity index (χ3v) is 5.54. The first-order valence-corrected chi connectivity index (χ1v) is 10.3. The molecule has 0 aliphatic carbocycles. The van der Waals surface area contributed by atoms with E-state index in [1.165, 1.54) is 0 Å². The normalized spacial score (nSPS) is 16.8. The molecule has 1 fully saturated rings. The highest BCUT2D eigenvalue weighted by Crippen LogP contribution is 2.27. The van der Waals surface area contributed by atoms with E-state index < -0.39 is 0 Å². The Labute approximate surface area is 195 Å². The fourth-order valence-electron chi connectivity index (χ4n) is 4.05. The van der Waals surface area contributed by atoms with Crippen LogP contribution in [0.1, 0.15) is 18.4 Å². The first-order chi connectivity index (χ1) is 14.2. The SMILES string of the molecule is CN=C(NCCN1C(=O)Cc2ccccc21)N1CCC(Oc2ccccc2)CC1.I. The van der Waals surface area contributed by atoms with Gasteiger partial charge in [0.2, 0.25) is 5.91 Å². The maximum absolute atomic E-state index is 12.3. The highest BCUT2D eigenvalue weighted by atomic mass is 127. The molecule has 7 heteroatoms. The maximum atomic E-state index is 12.3. The molecule has 30 heavy (non-hydrogen) atoms. The molecule has 0 spiro atoms. The minimum atomic E-state index is 0. The van der Waals surface area contributed by atoms with Gasteiger partial charge in [0.15, 0.2) is 5.96 Å². The summed E-state index contributed by atoms with van der Waals surface area (Å²) in [4.78, 5) is 20.9. The number of carbonyl (C=O) groups excluding carboxylic acids is 1.